The van der Waals surface area contributed by atoms with Crippen molar-refractivity contribution in [3.8, 4) is 11.5 Å². The Bertz CT molecular complexity index is 1320. The highest BCUT2D eigenvalue weighted by Crippen LogP contribution is 2.23. The van der Waals surface area contributed by atoms with Crippen molar-refractivity contribution in [2.75, 3.05) is 13.1 Å². The van der Waals surface area contributed by atoms with Crippen LogP contribution in [0.4, 0.5) is 4.39 Å². The molecule has 0 unspecified atom stereocenters. The quantitative estimate of drug-likeness (QED) is 0.424. The number of nitrogens with zero attached hydrogens (tertiary/aromatic N) is 6. The van der Waals surface area contributed by atoms with E-state index in [4.69, 9.17) is 4.98 Å². The highest BCUT2D eigenvalue weighted by atomic mass is 19.1. The summed E-state index contributed by atoms with van der Waals surface area (Å²) in [7, 11) is 1.93. The molecule has 1 saturated heterocycles. The van der Waals surface area contributed by atoms with Crippen LogP contribution in [0.15, 0.2) is 67.4 Å². The molecular formula is C27H27FN6O. The third-order valence-electron chi connectivity index (χ3n) is 6.44. The van der Waals surface area contributed by atoms with Crippen LogP contribution in [0.1, 0.15) is 40.2 Å². The van der Waals surface area contributed by atoms with Crippen molar-refractivity contribution in [3.63, 3.8) is 0 Å². The predicted molar refractivity (Wildman–Crippen MR) is 130 cm³/mol. The number of benzene rings is 1. The molecule has 3 aromatic heterocycles. The molecule has 8 heteroatoms. The van der Waals surface area contributed by atoms with E-state index in [0.717, 1.165) is 48.7 Å². The second-order valence-electron chi connectivity index (χ2n) is 9.03. The molecule has 0 spiro atoms. The summed E-state index contributed by atoms with van der Waals surface area (Å²) >= 11 is 0. The van der Waals surface area contributed by atoms with Gasteiger partial charge in [-0.25, -0.2) is 14.4 Å². The predicted octanol–water partition coefficient (Wildman–Crippen LogP) is 4.10. The summed E-state index contributed by atoms with van der Waals surface area (Å²) in [5.41, 5.74) is 3.53. The summed E-state index contributed by atoms with van der Waals surface area (Å²) in [6.45, 7) is 1.40. The molecule has 0 aliphatic carbocycles. The Morgan fingerprint density at radius 3 is 2.74 bits per heavy atom. The second-order valence-corrected chi connectivity index (χ2v) is 9.03. The summed E-state index contributed by atoms with van der Waals surface area (Å²) in [4.78, 5) is 33.0. The Kier molecular flexibility index (Phi) is 6.61. The van der Waals surface area contributed by atoms with E-state index in [1.165, 1.54) is 6.07 Å². The van der Waals surface area contributed by atoms with Gasteiger partial charge in [0.2, 0.25) is 0 Å². The Balaban J connectivity index is 1.22. The van der Waals surface area contributed by atoms with Crippen molar-refractivity contribution in [2.24, 2.45) is 13.0 Å². The molecule has 1 amide bonds. The lowest BCUT2D eigenvalue weighted by molar-refractivity contribution is 0.0672. The number of halogens is 1. The molecule has 4 heterocycles. The lowest BCUT2D eigenvalue weighted by Gasteiger charge is -2.32. The molecule has 5 rings (SSSR count). The number of aromatic nitrogens is 5. The van der Waals surface area contributed by atoms with Gasteiger partial charge in [0.25, 0.3) is 5.91 Å². The minimum Gasteiger partial charge on any atom is -0.338 e. The van der Waals surface area contributed by atoms with Gasteiger partial charge < -0.3 is 9.47 Å². The Hall–Kier alpha value is -3.94. The van der Waals surface area contributed by atoms with Crippen LogP contribution in [0.3, 0.4) is 0 Å². The number of imidazole rings is 1. The highest BCUT2D eigenvalue weighted by molar-refractivity contribution is 5.94. The number of amides is 1. The minimum absolute atomic E-state index is 0.0208. The number of pyridine rings is 1. The van der Waals surface area contributed by atoms with Gasteiger partial charge in [-0.2, -0.15) is 0 Å². The average molecular weight is 471 g/mol. The zero-order chi connectivity index (χ0) is 24.2. The van der Waals surface area contributed by atoms with Crippen LogP contribution >= 0.6 is 0 Å². The smallest absolute Gasteiger partial charge is 0.255 e. The molecule has 0 N–H and O–H groups in total. The zero-order valence-corrected chi connectivity index (χ0v) is 19.6. The van der Waals surface area contributed by atoms with Crippen molar-refractivity contribution in [2.45, 2.75) is 25.7 Å². The standard InChI is InChI=1S/C27H27FN6O/c1-33-12-10-30-26(33)25-17-29-16-23(32-25)13-19-5-4-11-34(18-19)27(35)21-8-9-22(31-15-21)14-20-6-2-3-7-24(20)28/h2-3,6-10,12,15-17,19H,4-5,11,13-14,18H2,1H3/t19-/m0/s1. The number of carbonyl (C=O) groups excluding carboxylic acids is 1. The van der Waals surface area contributed by atoms with E-state index in [1.807, 2.05) is 28.8 Å². The monoisotopic (exact) mass is 470 g/mol. The van der Waals surface area contributed by atoms with Gasteiger partial charge in [0, 0.05) is 57.0 Å². The fourth-order valence-corrected chi connectivity index (χ4v) is 4.61. The maximum atomic E-state index is 13.9. The van der Waals surface area contributed by atoms with Crippen LogP contribution in [-0.4, -0.2) is 48.4 Å². The van der Waals surface area contributed by atoms with Crippen molar-refractivity contribution in [1.82, 2.24) is 29.4 Å². The van der Waals surface area contributed by atoms with Crippen LogP contribution in [0.25, 0.3) is 11.5 Å². The van der Waals surface area contributed by atoms with Crippen LogP contribution in [-0.2, 0) is 19.9 Å². The van der Waals surface area contributed by atoms with E-state index in [0.29, 0.717) is 30.0 Å². The molecule has 178 valence electrons. The van der Waals surface area contributed by atoms with Gasteiger partial charge in [0.15, 0.2) is 5.82 Å². The van der Waals surface area contributed by atoms with Crippen molar-refractivity contribution in [3.05, 3.63) is 95.7 Å². The highest BCUT2D eigenvalue weighted by Gasteiger charge is 2.25. The third kappa shape index (κ3) is 5.26. The first kappa shape index (κ1) is 22.8. The first-order valence-corrected chi connectivity index (χ1v) is 11.8. The molecule has 0 bridgehead atoms. The van der Waals surface area contributed by atoms with Crippen LogP contribution < -0.4 is 0 Å². The van der Waals surface area contributed by atoms with Crippen LogP contribution in [0, 0.1) is 11.7 Å². The Labute approximate surface area is 203 Å². The normalized spacial score (nSPS) is 15.8. The Morgan fingerprint density at radius 2 is 1.97 bits per heavy atom. The first-order chi connectivity index (χ1) is 17.1. The average Bonchev–Trinajstić information content (AvgIpc) is 3.32. The van der Waals surface area contributed by atoms with E-state index in [2.05, 4.69) is 15.0 Å². The number of piperidine rings is 1. The van der Waals surface area contributed by atoms with Crippen LogP contribution in [0.2, 0.25) is 0 Å². The molecule has 0 radical (unpaired) electrons. The number of hydrogen-bond donors (Lipinski definition) is 0. The molecule has 35 heavy (non-hydrogen) atoms. The van der Waals surface area contributed by atoms with Gasteiger partial charge in [-0.05, 0) is 48.9 Å². The molecule has 1 fully saturated rings. The number of rotatable bonds is 6. The van der Waals surface area contributed by atoms with E-state index >= 15 is 0 Å². The number of aryl methyl sites for hydroxylation is 1. The van der Waals surface area contributed by atoms with E-state index in [1.54, 1.807) is 49.1 Å². The summed E-state index contributed by atoms with van der Waals surface area (Å²) < 4.78 is 15.8. The van der Waals surface area contributed by atoms with E-state index in [9.17, 15) is 9.18 Å². The lowest BCUT2D eigenvalue weighted by Crippen LogP contribution is -2.40. The first-order valence-electron chi connectivity index (χ1n) is 11.8. The van der Waals surface area contributed by atoms with Crippen molar-refractivity contribution < 1.29 is 9.18 Å². The molecule has 1 aromatic carbocycles. The van der Waals surface area contributed by atoms with Crippen molar-refractivity contribution in [1.29, 1.82) is 0 Å². The van der Waals surface area contributed by atoms with Crippen molar-refractivity contribution >= 4 is 5.91 Å². The maximum absolute atomic E-state index is 13.9. The van der Waals surface area contributed by atoms with Gasteiger partial charge in [-0.1, -0.05) is 18.2 Å². The Morgan fingerprint density at radius 1 is 1.09 bits per heavy atom. The molecule has 4 aromatic rings. The second kappa shape index (κ2) is 10.1. The third-order valence-corrected chi connectivity index (χ3v) is 6.44. The zero-order valence-electron chi connectivity index (χ0n) is 19.6. The number of carbonyl (C=O) groups is 1. The molecule has 1 aliphatic heterocycles. The number of likely N-dealkylation sites (tertiary alicyclic amines) is 1. The minimum atomic E-state index is -0.246. The van der Waals surface area contributed by atoms with Gasteiger partial charge in [0.05, 0.1) is 17.5 Å². The van der Waals surface area contributed by atoms with Gasteiger partial charge in [-0.3, -0.25) is 14.8 Å². The SMILES string of the molecule is Cn1ccnc1-c1cncc(C[C@@H]2CCCN(C(=O)c3ccc(Cc4ccccc4F)nc3)C2)n1. The van der Waals surface area contributed by atoms with Crippen LogP contribution in [0.5, 0.6) is 0 Å². The summed E-state index contributed by atoms with van der Waals surface area (Å²) in [6, 6.07) is 10.3. The molecule has 1 atom stereocenters. The van der Waals surface area contributed by atoms with Gasteiger partial charge in [0.1, 0.15) is 11.5 Å². The molecule has 0 saturated carbocycles. The van der Waals surface area contributed by atoms with Gasteiger partial charge in [-0.15, -0.1) is 0 Å². The van der Waals surface area contributed by atoms with E-state index in [-0.39, 0.29) is 11.7 Å². The topological polar surface area (TPSA) is 76.8 Å². The van der Waals surface area contributed by atoms with Gasteiger partial charge >= 0.3 is 0 Å². The van der Waals surface area contributed by atoms with E-state index < -0.39 is 0 Å². The lowest BCUT2D eigenvalue weighted by atomic mass is 9.93. The fourth-order valence-electron chi connectivity index (χ4n) is 4.61. The largest absolute Gasteiger partial charge is 0.338 e. The summed E-state index contributed by atoms with van der Waals surface area (Å²) in [5, 5.41) is 0. The molecular weight excluding hydrogens is 443 g/mol. The molecule has 1 aliphatic rings. The molecule has 7 nitrogen and oxygen atoms in total. The fraction of sp³-hybridized carbons (Fsp3) is 0.296. The maximum Gasteiger partial charge on any atom is 0.255 e. The number of hydrogen-bond acceptors (Lipinski definition) is 5. The summed E-state index contributed by atoms with van der Waals surface area (Å²) in [5.74, 6) is 0.828. The summed E-state index contributed by atoms with van der Waals surface area (Å²) in [6.07, 6.45) is 11.9.